The molecular formula is C24H19FN8O2. The first-order chi connectivity index (χ1) is 17.0. The molecule has 0 fully saturated rings. The Morgan fingerprint density at radius 2 is 1.91 bits per heavy atom. The third kappa shape index (κ3) is 3.49. The normalized spacial score (nSPS) is 11.5. The standard InChI is InChI=1S/C24H19FN8O2/c1-33-10-15(19(11-34)32-33)16-3-4-18-22(27-16)23(31-30-18)24-28-17-5-6-26-20(21(17)29-24)12-7-13(25)9-14(8-12)35-2/h3-10,34H,11H2,1-2H3,(H,28,29)(H,30,31). The second kappa shape index (κ2) is 7.99. The zero-order valence-electron chi connectivity index (χ0n) is 18.7. The van der Waals surface area contributed by atoms with Gasteiger partial charge in [0.2, 0.25) is 0 Å². The molecule has 174 valence electrons. The van der Waals surface area contributed by atoms with E-state index in [-0.39, 0.29) is 6.61 Å². The lowest BCUT2D eigenvalue weighted by Crippen LogP contribution is -1.92. The summed E-state index contributed by atoms with van der Waals surface area (Å²) in [5.41, 5.74) is 6.13. The number of nitrogens with one attached hydrogen (secondary N) is 2. The molecule has 35 heavy (non-hydrogen) atoms. The topological polar surface area (TPSA) is 130 Å². The Morgan fingerprint density at radius 3 is 2.74 bits per heavy atom. The third-order valence-corrected chi connectivity index (χ3v) is 5.74. The molecule has 0 saturated heterocycles. The van der Waals surface area contributed by atoms with Gasteiger partial charge in [-0.2, -0.15) is 10.2 Å². The van der Waals surface area contributed by atoms with Crippen molar-refractivity contribution < 1.29 is 14.2 Å². The van der Waals surface area contributed by atoms with Gasteiger partial charge in [-0.25, -0.2) is 14.4 Å². The average Bonchev–Trinajstić information content (AvgIpc) is 3.58. The molecule has 6 aromatic rings. The number of methoxy groups -OCH3 is 1. The van der Waals surface area contributed by atoms with Crippen LogP contribution in [0.25, 0.3) is 56.1 Å². The molecule has 0 amide bonds. The number of aryl methyl sites for hydroxylation is 1. The van der Waals surface area contributed by atoms with E-state index in [1.54, 1.807) is 30.1 Å². The summed E-state index contributed by atoms with van der Waals surface area (Å²) in [5.74, 6) is 0.450. The first-order valence-corrected chi connectivity index (χ1v) is 10.7. The van der Waals surface area contributed by atoms with Crippen molar-refractivity contribution >= 4 is 22.1 Å². The minimum absolute atomic E-state index is 0.196. The van der Waals surface area contributed by atoms with E-state index in [0.29, 0.717) is 50.9 Å². The molecule has 0 saturated carbocycles. The van der Waals surface area contributed by atoms with Crippen LogP contribution in [0.1, 0.15) is 5.69 Å². The lowest BCUT2D eigenvalue weighted by atomic mass is 10.1. The first kappa shape index (κ1) is 20.9. The van der Waals surface area contributed by atoms with E-state index >= 15 is 0 Å². The van der Waals surface area contributed by atoms with Crippen LogP contribution in [0.4, 0.5) is 4.39 Å². The number of benzene rings is 1. The predicted molar refractivity (Wildman–Crippen MR) is 127 cm³/mol. The maximum atomic E-state index is 14.2. The minimum Gasteiger partial charge on any atom is -0.497 e. The van der Waals surface area contributed by atoms with Crippen molar-refractivity contribution in [1.82, 2.24) is 39.9 Å². The number of nitrogens with zero attached hydrogens (tertiary/aromatic N) is 6. The molecule has 0 spiro atoms. The zero-order valence-corrected chi connectivity index (χ0v) is 18.7. The highest BCUT2D eigenvalue weighted by atomic mass is 19.1. The molecule has 0 atom stereocenters. The van der Waals surface area contributed by atoms with E-state index in [0.717, 1.165) is 16.6 Å². The third-order valence-electron chi connectivity index (χ3n) is 5.74. The Kier molecular flexibility index (Phi) is 4.78. The lowest BCUT2D eigenvalue weighted by Gasteiger charge is -2.05. The van der Waals surface area contributed by atoms with Crippen LogP contribution in [0.5, 0.6) is 5.75 Å². The number of imidazole rings is 1. The van der Waals surface area contributed by atoms with E-state index in [2.05, 4.69) is 25.3 Å². The van der Waals surface area contributed by atoms with Gasteiger partial charge < -0.3 is 14.8 Å². The van der Waals surface area contributed by atoms with Crippen LogP contribution in [-0.2, 0) is 13.7 Å². The van der Waals surface area contributed by atoms with Crippen molar-refractivity contribution in [3.8, 4) is 39.8 Å². The lowest BCUT2D eigenvalue weighted by molar-refractivity contribution is 0.276. The summed E-state index contributed by atoms with van der Waals surface area (Å²) in [6.07, 6.45) is 3.45. The predicted octanol–water partition coefficient (Wildman–Crippen LogP) is 3.60. The van der Waals surface area contributed by atoms with Gasteiger partial charge in [0.25, 0.3) is 0 Å². The summed E-state index contributed by atoms with van der Waals surface area (Å²) < 4.78 is 21.0. The van der Waals surface area contributed by atoms with Gasteiger partial charge in [0.05, 0.1) is 41.8 Å². The van der Waals surface area contributed by atoms with Gasteiger partial charge in [0, 0.05) is 36.6 Å². The van der Waals surface area contributed by atoms with Crippen molar-refractivity contribution in [1.29, 1.82) is 0 Å². The number of rotatable bonds is 5. The summed E-state index contributed by atoms with van der Waals surface area (Å²) in [6, 6.07) is 9.92. The Balaban J connectivity index is 1.50. The fourth-order valence-corrected chi connectivity index (χ4v) is 4.16. The number of fused-ring (bicyclic) bond motifs is 2. The monoisotopic (exact) mass is 470 g/mol. The first-order valence-electron chi connectivity index (χ1n) is 10.7. The maximum Gasteiger partial charge on any atom is 0.161 e. The molecule has 0 aliphatic rings. The van der Waals surface area contributed by atoms with E-state index in [4.69, 9.17) is 14.7 Å². The molecule has 6 rings (SSSR count). The number of aliphatic hydroxyl groups excluding tert-OH is 1. The van der Waals surface area contributed by atoms with E-state index in [9.17, 15) is 9.50 Å². The number of aromatic amines is 2. The van der Waals surface area contributed by atoms with Crippen molar-refractivity contribution in [2.45, 2.75) is 6.61 Å². The molecule has 0 bridgehead atoms. The van der Waals surface area contributed by atoms with E-state index in [1.165, 1.54) is 19.2 Å². The SMILES string of the molecule is COc1cc(F)cc(-c2nccc3[nH]c(-c4n[nH]c5ccc(-c6cn(C)nc6CO)nc45)nc23)c1. The quantitative estimate of drug-likeness (QED) is 0.351. The number of pyridine rings is 2. The molecule has 5 aromatic heterocycles. The van der Waals surface area contributed by atoms with Gasteiger partial charge in [0.15, 0.2) is 11.5 Å². The van der Waals surface area contributed by atoms with Gasteiger partial charge in [-0.05, 0) is 30.3 Å². The summed E-state index contributed by atoms with van der Waals surface area (Å²) >= 11 is 0. The van der Waals surface area contributed by atoms with Crippen molar-refractivity contribution in [3.05, 3.63) is 60.3 Å². The van der Waals surface area contributed by atoms with Crippen molar-refractivity contribution in [2.75, 3.05) is 7.11 Å². The second-order valence-electron chi connectivity index (χ2n) is 8.01. The summed E-state index contributed by atoms with van der Waals surface area (Å²) in [4.78, 5) is 17.3. The number of aromatic nitrogens is 8. The molecule has 0 aliphatic carbocycles. The Bertz CT molecular complexity index is 1720. The van der Waals surface area contributed by atoms with Gasteiger partial charge in [0.1, 0.15) is 22.6 Å². The van der Waals surface area contributed by atoms with Crippen LogP contribution in [0.15, 0.2) is 48.8 Å². The Labute approximate surface area is 197 Å². The molecule has 0 radical (unpaired) electrons. The van der Waals surface area contributed by atoms with Crippen LogP contribution in [0.2, 0.25) is 0 Å². The van der Waals surface area contributed by atoms with Crippen molar-refractivity contribution in [2.24, 2.45) is 7.05 Å². The number of aliphatic hydroxyl groups is 1. The molecule has 11 heteroatoms. The van der Waals surface area contributed by atoms with Crippen LogP contribution >= 0.6 is 0 Å². The summed E-state index contributed by atoms with van der Waals surface area (Å²) in [5, 5.41) is 21.4. The Morgan fingerprint density at radius 1 is 1.06 bits per heavy atom. The van der Waals surface area contributed by atoms with Crippen LogP contribution in [-0.4, -0.2) is 52.1 Å². The number of H-pyrrole nitrogens is 2. The maximum absolute atomic E-state index is 14.2. The van der Waals surface area contributed by atoms with Crippen molar-refractivity contribution in [3.63, 3.8) is 0 Å². The number of ether oxygens (including phenoxy) is 1. The molecule has 5 heterocycles. The Hall–Kier alpha value is -4.64. The number of hydrogen-bond donors (Lipinski definition) is 3. The number of halogens is 1. The van der Waals surface area contributed by atoms with Crippen LogP contribution in [0.3, 0.4) is 0 Å². The zero-order chi connectivity index (χ0) is 24.1. The second-order valence-corrected chi connectivity index (χ2v) is 8.01. The van der Waals surface area contributed by atoms with Gasteiger partial charge >= 0.3 is 0 Å². The van der Waals surface area contributed by atoms with Gasteiger partial charge in [-0.1, -0.05) is 0 Å². The summed E-state index contributed by atoms with van der Waals surface area (Å²) in [6.45, 7) is -0.196. The van der Waals surface area contributed by atoms with E-state index < -0.39 is 5.82 Å². The molecule has 10 nitrogen and oxygen atoms in total. The summed E-state index contributed by atoms with van der Waals surface area (Å²) in [7, 11) is 3.27. The van der Waals surface area contributed by atoms with Gasteiger partial charge in [-0.3, -0.25) is 14.8 Å². The average molecular weight is 470 g/mol. The van der Waals surface area contributed by atoms with E-state index in [1.807, 2.05) is 18.3 Å². The highest BCUT2D eigenvalue weighted by Crippen LogP contribution is 2.32. The highest BCUT2D eigenvalue weighted by molar-refractivity contribution is 5.95. The molecular weight excluding hydrogens is 451 g/mol. The van der Waals surface area contributed by atoms with Crippen LogP contribution in [0, 0.1) is 5.82 Å². The number of hydrogen-bond acceptors (Lipinski definition) is 7. The smallest absolute Gasteiger partial charge is 0.161 e. The minimum atomic E-state index is -0.429. The molecule has 3 N–H and O–H groups in total. The molecule has 0 aliphatic heterocycles. The fraction of sp³-hybridized carbons (Fsp3) is 0.125. The highest BCUT2D eigenvalue weighted by Gasteiger charge is 2.19. The molecule has 1 aromatic carbocycles. The fourth-order valence-electron chi connectivity index (χ4n) is 4.16. The largest absolute Gasteiger partial charge is 0.497 e. The van der Waals surface area contributed by atoms with Gasteiger partial charge in [-0.15, -0.1) is 0 Å². The van der Waals surface area contributed by atoms with Crippen LogP contribution < -0.4 is 4.74 Å². The molecule has 0 unspecified atom stereocenters.